The Morgan fingerprint density at radius 2 is 2.00 bits per heavy atom. The molecule has 0 fully saturated rings. The Hall–Kier alpha value is -2.02. The average molecular weight is 417 g/mol. The van der Waals surface area contributed by atoms with E-state index >= 15 is 0 Å². The number of hydrogen-bond acceptors (Lipinski definition) is 3. The summed E-state index contributed by atoms with van der Waals surface area (Å²) in [4.78, 5) is 12.1. The lowest BCUT2D eigenvalue weighted by Crippen LogP contribution is -2.06. The summed E-state index contributed by atoms with van der Waals surface area (Å²) in [6.07, 6.45) is 2.82. The number of allylic oxidation sites excluding steroid dienone is 1. The highest BCUT2D eigenvalue weighted by atomic mass is 127. The van der Waals surface area contributed by atoms with Crippen molar-refractivity contribution in [1.29, 1.82) is 0 Å². The number of hydrogen-bond donors (Lipinski definition) is 0. The van der Waals surface area contributed by atoms with Gasteiger partial charge in [0.1, 0.15) is 3.70 Å². The van der Waals surface area contributed by atoms with Crippen LogP contribution in [0.5, 0.6) is 0 Å². The van der Waals surface area contributed by atoms with Crippen LogP contribution < -0.4 is 0 Å². The molecule has 0 atom stereocenters. The van der Waals surface area contributed by atoms with Crippen LogP contribution in [0.2, 0.25) is 0 Å². The average Bonchev–Trinajstić information content (AvgIpc) is 2.93. The quantitative estimate of drug-likeness (QED) is 0.343. The van der Waals surface area contributed by atoms with E-state index in [0.29, 0.717) is 25.1 Å². The number of carbonyl (C=O) groups excluding carboxylic acids is 1. The molecule has 5 heteroatoms. The summed E-state index contributed by atoms with van der Waals surface area (Å²) in [5.74, 6) is 0.0130. The Morgan fingerprint density at radius 1 is 1.22 bits per heavy atom. The fourth-order valence-corrected chi connectivity index (χ4v) is 3.11. The minimum atomic E-state index is 0.0130. The Balaban J connectivity index is 1.83. The molecule has 1 heterocycles. The first kappa shape index (κ1) is 15.9. The normalized spacial score (nSPS) is 10.8. The van der Waals surface area contributed by atoms with Gasteiger partial charge in [0, 0.05) is 6.42 Å². The first-order chi connectivity index (χ1) is 11.2. The van der Waals surface area contributed by atoms with Gasteiger partial charge < -0.3 is 0 Å². The summed E-state index contributed by atoms with van der Waals surface area (Å²) in [7, 11) is 0. The van der Waals surface area contributed by atoms with Gasteiger partial charge in [0.15, 0.2) is 11.5 Å². The number of rotatable bonds is 6. The van der Waals surface area contributed by atoms with E-state index in [1.165, 1.54) is 10.8 Å². The van der Waals surface area contributed by atoms with Crippen LogP contribution in [0.1, 0.15) is 28.9 Å². The lowest BCUT2D eigenvalue weighted by atomic mass is 10.1. The summed E-state index contributed by atoms with van der Waals surface area (Å²) in [6.45, 7) is 4.24. The number of aromatic nitrogens is 3. The summed E-state index contributed by atoms with van der Waals surface area (Å²) in [6, 6.07) is 14.6. The fourth-order valence-electron chi connectivity index (χ4n) is 2.43. The van der Waals surface area contributed by atoms with E-state index in [0.717, 1.165) is 9.26 Å². The van der Waals surface area contributed by atoms with E-state index in [2.05, 4.69) is 69.8 Å². The Morgan fingerprint density at radius 3 is 2.78 bits per heavy atom. The van der Waals surface area contributed by atoms with E-state index in [1.807, 2.05) is 12.1 Å². The van der Waals surface area contributed by atoms with Gasteiger partial charge in [0.05, 0.1) is 6.54 Å². The zero-order valence-corrected chi connectivity index (χ0v) is 14.7. The molecule has 0 aliphatic rings. The number of carbonyl (C=O) groups is 1. The van der Waals surface area contributed by atoms with E-state index < -0.39 is 0 Å². The van der Waals surface area contributed by atoms with Crippen molar-refractivity contribution in [2.75, 3.05) is 0 Å². The molecule has 116 valence electrons. The second kappa shape index (κ2) is 7.04. The molecule has 2 aromatic carbocycles. The second-order valence-electron chi connectivity index (χ2n) is 5.32. The van der Waals surface area contributed by atoms with Crippen LogP contribution in [0.4, 0.5) is 0 Å². The van der Waals surface area contributed by atoms with Gasteiger partial charge in [-0.2, -0.15) is 0 Å². The van der Waals surface area contributed by atoms with Gasteiger partial charge >= 0.3 is 0 Å². The van der Waals surface area contributed by atoms with Crippen molar-refractivity contribution >= 4 is 39.1 Å². The predicted octanol–water partition coefficient (Wildman–Crippen LogP) is 4.23. The SMILES string of the molecule is C=CCCC(=O)c1nnn(Cc2ccc3ccccc3c2)c1I. The van der Waals surface area contributed by atoms with Crippen molar-refractivity contribution in [3.05, 3.63) is 70.1 Å². The Kier molecular flexibility index (Phi) is 4.85. The third-order valence-corrected chi connectivity index (χ3v) is 4.73. The largest absolute Gasteiger partial charge is 0.292 e. The maximum absolute atomic E-state index is 12.1. The van der Waals surface area contributed by atoms with Crippen LogP contribution in [0, 0.1) is 3.70 Å². The van der Waals surface area contributed by atoms with Gasteiger partial charge in [0.2, 0.25) is 0 Å². The smallest absolute Gasteiger partial charge is 0.186 e. The highest BCUT2D eigenvalue weighted by molar-refractivity contribution is 14.1. The molecule has 4 nitrogen and oxygen atoms in total. The topological polar surface area (TPSA) is 47.8 Å². The van der Waals surface area contributed by atoms with Crippen molar-refractivity contribution in [2.45, 2.75) is 19.4 Å². The van der Waals surface area contributed by atoms with E-state index in [1.54, 1.807) is 10.8 Å². The number of Topliss-reactive ketones (excluding diaryl/α,β-unsaturated/α-hetero) is 1. The molecule has 0 aliphatic heterocycles. The molecule has 3 rings (SSSR count). The molecule has 0 unspecified atom stereocenters. The highest BCUT2D eigenvalue weighted by Gasteiger charge is 2.17. The first-order valence-corrected chi connectivity index (χ1v) is 8.47. The van der Waals surface area contributed by atoms with E-state index in [4.69, 9.17) is 0 Å². The van der Waals surface area contributed by atoms with Crippen LogP contribution in [-0.2, 0) is 6.54 Å². The maximum Gasteiger partial charge on any atom is 0.186 e. The Bertz CT molecular complexity index is 870. The van der Waals surface area contributed by atoms with Gasteiger partial charge in [-0.3, -0.25) is 4.79 Å². The van der Waals surface area contributed by atoms with E-state index in [9.17, 15) is 4.79 Å². The molecule has 0 aliphatic carbocycles. The fraction of sp³-hybridized carbons (Fsp3) is 0.167. The lowest BCUT2D eigenvalue weighted by molar-refractivity contribution is 0.0978. The van der Waals surface area contributed by atoms with Gasteiger partial charge in [-0.15, -0.1) is 11.7 Å². The molecule has 0 bridgehead atoms. The highest BCUT2D eigenvalue weighted by Crippen LogP contribution is 2.18. The molecule has 0 N–H and O–H groups in total. The van der Waals surface area contributed by atoms with Crippen molar-refractivity contribution in [3.8, 4) is 0 Å². The molecule has 3 aromatic rings. The van der Waals surface area contributed by atoms with Crippen molar-refractivity contribution in [1.82, 2.24) is 15.0 Å². The van der Waals surface area contributed by atoms with Crippen LogP contribution in [-0.4, -0.2) is 20.8 Å². The first-order valence-electron chi connectivity index (χ1n) is 7.40. The van der Waals surface area contributed by atoms with Gasteiger partial charge in [-0.25, -0.2) is 4.68 Å². The summed E-state index contributed by atoms with van der Waals surface area (Å²) >= 11 is 2.14. The zero-order chi connectivity index (χ0) is 16.2. The summed E-state index contributed by atoms with van der Waals surface area (Å²) in [5.41, 5.74) is 1.59. The van der Waals surface area contributed by atoms with Crippen molar-refractivity contribution < 1.29 is 4.79 Å². The van der Waals surface area contributed by atoms with Gasteiger partial charge in [0.25, 0.3) is 0 Å². The molecular formula is C18H16IN3O. The minimum Gasteiger partial charge on any atom is -0.292 e. The molecule has 0 radical (unpaired) electrons. The zero-order valence-electron chi connectivity index (χ0n) is 12.6. The number of nitrogens with zero attached hydrogens (tertiary/aromatic N) is 3. The second-order valence-corrected chi connectivity index (χ2v) is 6.34. The molecule has 0 amide bonds. The number of benzene rings is 2. The standard InChI is InChI=1S/C18H16IN3O/c1-2-3-8-16(23)17-18(19)22(21-20-17)12-13-9-10-14-6-4-5-7-15(14)11-13/h2,4-7,9-11H,1,3,8,12H2. The van der Waals surface area contributed by atoms with Crippen LogP contribution >= 0.6 is 22.6 Å². The minimum absolute atomic E-state index is 0.0130. The monoisotopic (exact) mass is 417 g/mol. The number of fused-ring (bicyclic) bond motifs is 1. The molecule has 0 spiro atoms. The molecule has 0 saturated carbocycles. The third kappa shape index (κ3) is 3.50. The number of ketones is 1. The van der Waals surface area contributed by atoms with Crippen molar-refractivity contribution in [3.63, 3.8) is 0 Å². The maximum atomic E-state index is 12.1. The van der Waals surface area contributed by atoms with E-state index in [-0.39, 0.29) is 5.78 Å². The van der Waals surface area contributed by atoms with Crippen LogP contribution in [0.25, 0.3) is 10.8 Å². The van der Waals surface area contributed by atoms with Gasteiger partial charge in [-0.05, 0) is 51.4 Å². The molecular weight excluding hydrogens is 401 g/mol. The predicted molar refractivity (Wildman–Crippen MR) is 99.6 cm³/mol. The third-order valence-electron chi connectivity index (χ3n) is 3.66. The summed E-state index contributed by atoms with van der Waals surface area (Å²) in [5, 5.41) is 10.6. The van der Waals surface area contributed by atoms with Crippen LogP contribution in [0.3, 0.4) is 0 Å². The lowest BCUT2D eigenvalue weighted by Gasteiger charge is -2.05. The Labute approximate surface area is 148 Å². The number of halogens is 1. The van der Waals surface area contributed by atoms with Crippen LogP contribution in [0.15, 0.2) is 55.1 Å². The molecule has 0 saturated heterocycles. The van der Waals surface area contributed by atoms with Crippen molar-refractivity contribution in [2.24, 2.45) is 0 Å². The molecule has 23 heavy (non-hydrogen) atoms. The van der Waals surface area contributed by atoms with Gasteiger partial charge in [-0.1, -0.05) is 47.7 Å². The molecule has 1 aromatic heterocycles. The summed E-state index contributed by atoms with van der Waals surface area (Å²) < 4.78 is 2.55.